The Labute approximate surface area is 140 Å². The van der Waals surface area contributed by atoms with Gasteiger partial charge in [0.25, 0.3) is 5.56 Å². The first kappa shape index (κ1) is 16.6. The molecule has 1 amide bonds. The lowest BCUT2D eigenvalue weighted by molar-refractivity contribution is -0.133. The number of hydrogen-bond donors (Lipinski definition) is 1. The van der Waals surface area contributed by atoms with Crippen LogP contribution in [0.3, 0.4) is 0 Å². The number of carbonyl (C=O) groups excluding carboxylic acids is 1. The molecule has 24 heavy (non-hydrogen) atoms. The zero-order valence-electron chi connectivity index (χ0n) is 13.9. The number of benzene rings is 1. The summed E-state index contributed by atoms with van der Waals surface area (Å²) in [7, 11) is 1.96. The van der Waals surface area contributed by atoms with Crippen molar-refractivity contribution in [2.45, 2.75) is 25.8 Å². The first-order chi connectivity index (χ1) is 11.7. The van der Waals surface area contributed by atoms with Crippen LogP contribution in [-0.4, -0.2) is 52.5 Å². The Morgan fingerprint density at radius 3 is 2.79 bits per heavy atom. The normalized spacial score (nSPS) is 15.8. The third kappa shape index (κ3) is 3.62. The third-order valence-corrected chi connectivity index (χ3v) is 4.68. The Morgan fingerprint density at radius 1 is 1.29 bits per heavy atom. The summed E-state index contributed by atoms with van der Waals surface area (Å²) < 4.78 is 1.16. The number of likely N-dealkylation sites (tertiary alicyclic amines) is 1. The molecule has 2 heterocycles. The average Bonchev–Trinajstić information content (AvgIpc) is 2.63. The third-order valence-electron chi connectivity index (χ3n) is 4.68. The highest BCUT2D eigenvalue weighted by molar-refractivity contribution is 5.78. The van der Waals surface area contributed by atoms with E-state index >= 15 is 0 Å². The van der Waals surface area contributed by atoms with Gasteiger partial charge < -0.3 is 10.2 Å². The Morgan fingerprint density at radius 2 is 2.04 bits per heavy atom. The summed E-state index contributed by atoms with van der Waals surface area (Å²) >= 11 is 0. The van der Waals surface area contributed by atoms with Crippen LogP contribution < -0.4 is 10.9 Å². The number of hydrogen-bond acceptors (Lipinski definition) is 5. The van der Waals surface area contributed by atoms with Gasteiger partial charge in [0.15, 0.2) is 0 Å². The highest BCUT2D eigenvalue weighted by Crippen LogP contribution is 2.20. The van der Waals surface area contributed by atoms with Crippen LogP contribution in [-0.2, 0) is 11.3 Å². The molecule has 0 spiro atoms. The molecule has 1 fully saturated rings. The Hall–Kier alpha value is -2.28. The van der Waals surface area contributed by atoms with Crippen molar-refractivity contribution in [1.29, 1.82) is 0 Å². The van der Waals surface area contributed by atoms with Gasteiger partial charge in [-0.2, -0.15) is 0 Å². The van der Waals surface area contributed by atoms with Crippen molar-refractivity contribution in [2.24, 2.45) is 5.92 Å². The lowest BCUT2D eigenvalue weighted by Gasteiger charge is -2.32. The summed E-state index contributed by atoms with van der Waals surface area (Å²) in [6.45, 7) is 2.48. The van der Waals surface area contributed by atoms with Gasteiger partial charge in [-0.1, -0.05) is 17.3 Å². The van der Waals surface area contributed by atoms with Crippen molar-refractivity contribution in [1.82, 2.24) is 25.2 Å². The molecule has 128 valence electrons. The Balaban J connectivity index is 1.64. The maximum Gasteiger partial charge on any atom is 0.278 e. The van der Waals surface area contributed by atoms with E-state index < -0.39 is 0 Å². The summed E-state index contributed by atoms with van der Waals surface area (Å²) in [6.07, 6.45) is 3.19. The minimum atomic E-state index is -0.266. The van der Waals surface area contributed by atoms with E-state index in [2.05, 4.69) is 15.6 Å². The molecule has 0 unspecified atom stereocenters. The quantitative estimate of drug-likeness (QED) is 0.871. The van der Waals surface area contributed by atoms with Crippen molar-refractivity contribution < 1.29 is 4.79 Å². The van der Waals surface area contributed by atoms with Crippen LogP contribution in [0.15, 0.2) is 29.1 Å². The fraction of sp³-hybridized carbons (Fsp3) is 0.529. The fourth-order valence-electron chi connectivity index (χ4n) is 3.17. The van der Waals surface area contributed by atoms with Gasteiger partial charge in [-0.05, 0) is 50.9 Å². The molecule has 1 N–H and O–H groups in total. The average molecular weight is 329 g/mol. The smallest absolute Gasteiger partial charge is 0.278 e. The molecule has 1 aromatic carbocycles. The maximum atomic E-state index is 12.5. The van der Waals surface area contributed by atoms with E-state index in [0.717, 1.165) is 43.6 Å². The second-order valence-electron chi connectivity index (χ2n) is 6.29. The van der Waals surface area contributed by atoms with Crippen molar-refractivity contribution in [3.8, 4) is 0 Å². The van der Waals surface area contributed by atoms with Crippen LogP contribution in [0.5, 0.6) is 0 Å². The second-order valence-corrected chi connectivity index (χ2v) is 6.29. The Kier molecular flexibility index (Phi) is 5.20. The number of nitrogens with zero attached hydrogens (tertiary/aromatic N) is 4. The Bertz CT molecular complexity index is 765. The number of carbonyl (C=O) groups is 1. The van der Waals surface area contributed by atoms with E-state index in [9.17, 15) is 9.59 Å². The first-order valence-electron chi connectivity index (χ1n) is 8.44. The van der Waals surface area contributed by atoms with Gasteiger partial charge >= 0.3 is 0 Å². The van der Waals surface area contributed by atoms with Crippen molar-refractivity contribution in [3.63, 3.8) is 0 Å². The van der Waals surface area contributed by atoms with Crippen molar-refractivity contribution in [2.75, 3.05) is 26.7 Å². The molecule has 1 aliphatic rings. The number of nitrogens with one attached hydrogen (secondary N) is 1. The summed E-state index contributed by atoms with van der Waals surface area (Å²) in [5.74, 6) is 0.610. The maximum absolute atomic E-state index is 12.5. The second kappa shape index (κ2) is 7.53. The standard InChI is InChI=1S/C17H23N5O2/c1-18-9-6-13-7-10-21(11-8-13)16(23)12-22-17(24)14-4-2-3-5-15(14)19-20-22/h2-5,13,18H,6-12H2,1H3. The van der Waals surface area contributed by atoms with Gasteiger partial charge in [0.1, 0.15) is 12.1 Å². The molecule has 7 nitrogen and oxygen atoms in total. The summed E-state index contributed by atoms with van der Waals surface area (Å²) in [5, 5.41) is 11.6. The number of aromatic nitrogens is 3. The van der Waals surface area contributed by atoms with Crippen LogP contribution in [0.4, 0.5) is 0 Å². The van der Waals surface area contributed by atoms with Gasteiger partial charge in [-0.3, -0.25) is 9.59 Å². The number of amides is 1. The molecule has 1 aliphatic heterocycles. The van der Waals surface area contributed by atoms with Crippen LogP contribution >= 0.6 is 0 Å². The van der Waals surface area contributed by atoms with Crippen molar-refractivity contribution in [3.05, 3.63) is 34.6 Å². The van der Waals surface area contributed by atoms with Gasteiger partial charge in [-0.25, -0.2) is 4.68 Å². The highest BCUT2D eigenvalue weighted by Gasteiger charge is 2.23. The molecule has 0 saturated carbocycles. The molecule has 3 rings (SSSR count). The largest absolute Gasteiger partial charge is 0.341 e. The van der Waals surface area contributed by atoms with Crippen LogP contribution in [0.25, 0.3) is 10.9 Å². The van der Waals surface area contributed by atoms with Crippen LogP contribution in [0.1, 0.15) is 19.3 Å². The minimum absolute atomic E-state index is 0.0438. The van der Waals surface area contributed by atoms with Gasteiger partial charge in [0.05, 0.1) is 5.39 Å². The topological polar surface area (TPSA) is 80.1 Å². The van der Waals surface area contributed by atoms with Crippen LogP contribution in [0, 0.1) is 5.92 Å². The highest BCUT2D eigenvalue weighted by atomic mass is 16.2. The lowest BCUT2D eigenvalue weighted by Crippen LogP contribution is -2.42. The molecule has 0 bridgehead atoms. The summed E-state index contributed by atoms with van der Waals surface area (Å²) in [5.41, 5.74) is 0.286. The summed E-state index contributed by atoms with van der Waals surface area (Å²) in [4.78, 5) is 26.7. The molecule has 0 aliphatic carbocycles. The van der Waals surface area contributed by atoms with E-state index in [1.807, 2.05) is 18.0 Å². The van der Waals surface area contributed by atoms with Gasteiger partial charge in [0, 0.05) is 13.1 Å². The summed E-state index contributed by atoms with van der Waals surface area (Å²) in [6, 6.07) is 7.05. The molecule has 1 saturated heterocycles. The SMILES string of the molecule is CNCCC1CCN(C(=O)Cn2nnc3ccccc3c2=O)CC1. The van der Waals surface area contributed by atoms with Crippen LogP contribution in [0.2, 0.25) is 0 Å². The predicted octanol–water partition coefficient (Wildman–Crippen LogP) is 0.640. The van der Waals surface area contributed by atoms with Crippen molar-refractivity contribution >= 4 is 16.8 Å². The molecular weight excluding hydrogens is 306 g/mol. The van der Waals surface area contributed by atoms with E-state index in [0.29, 0.717) is 16.8 Å². The molecule has 0 radical (unpaired) electrons. The fourth-order valence-corrected chi connectivity index (χ4v) is 3.17. The van der Waals surface area contributed by atoms with E-state index in [1.165, 1.54) is 0 Å². The minimum Gasteiger partial charge on any atom is -0.341 e. The monoisotopic (exact) mass is 329 g/mol. The van der Waals surface area contributed by atoms with E-state index in [1.54, 1.807) is 18.2 Å². The van der Waals surface area contributed by atoms with Gasteiger partial charge in [0.2, 0.25) is 5.91 Å². The lowest BCUT2D eigenvalue weighted by atomic mass is 9.93. The van der Waals surface area contributed by atoms with E-state index in [-0.39, 0.29) is 18.0 Å². The molecule has 0 atom stereocenters. The zero-order chi connectivity index (χ0) is 16.9. The van der Waals surface area contributed by atoms with E-state index in [4.69, 9.17) is 0 Å². The zero-order valence-corrected chi connectivity index (χ0v) is 13.9. The van der Waals surface area contributed by atoms with Gasteiger partial charge in [-0.15, -0.1) is 5.10 Å². The number of rotatable bonds is 5. The molecule has 1 aromatic heterocycles. The first-order valence-corrected chi connectivity index (χ1v) is 8.44. The molecular formula is C17H23N5O2. The number of piperidine rings is 1. The predicted molar refractivity (Wildman–Crippen MR) is 91.6 cm³/mol. The molecule has 2 aromatic rings. The number of fused-ring (bicyclic) bond motifs is 1. The molecule has 7 heteroatoms.